The van der Waals surface area contributed by atoms with Crippen molar-refractivity contribution in [2.75, 3.05) is 6.61 Å². The zero-order valence-corrected chi connectivity index (χ0v) is 10.9. The van der Waals surface area contributed by atoms with Crippen LogP contribution in [0.4, 0.5) is 0 Å². The first-order valence-corrected chi connectivity index (χ1v) is 5.82. The third-order valence-corrected chi connectivity index (χ3v) is 2.92. The second-order valence-corrected chi connectivity index (χ2v) is 4.77. The molecule has 3 heteroatoms. The zero-order chi connectivity index (χ0) is 13.1. The number of nitrogens with two attached hydrogens (primary N) is 1. The van der Waals surface area contributed by atoms with Gasteiger partial charge in [0.2, 0.25) is 0 Å². The molecule has 1 atom stereocenters. The summed E-state index contributed by atoms with van der Waals surface area (Å²) in [6.07, 6.45) is 0. The summed E-state index contributed by atoms with van der Waals surface area (Å²) >= 11 is 0. The maximum Gasteiger partial charge on any atom is 0.122 e. The predicted molar refractivity (Wildman–Crippen MR) is 68.7 cm³/mol. The van der Waals surface area contributed by atoms with Crippen LogP contribution in [0.1, 0.15) is 37.9 Å². The number of nitriles is 1. The van der Waals surface area contributed by atoms with Crippen LogP contribution in [0.3, 0.4) is 0 Å². The molecule has 1 aromatic carbocycles. The van der Waals surface area contributed by atoms with E-state index in [4.69, 9.17) is 15.7 Å². The van der Waals surface area contributed by atoms with E-state index in [1.807, 2.05) is 45.9 Å². The number of rotatable bonds is 4. The van der Waals surface area contributed by atoms with Gasteiger partial charge in [-0.25, -0.2) is 0 Å². The molecule has 0 saturated carbocycles. The van der Waals surface area contributed by atoms with Gasteiger partial charge in [-0.3, -0.25) is 0 Å². The van der Waals surface area contributed by atoms with E-state index in [1.54, 1.807) is 0 Å². The number of hydrogen-bond donors (Lipinski definition) is 1. The number of ether oxygens (including phenoxy) is 1. The van der Waals surface area contributed by atoms with Crippen LogP contribution < -0.4 is 10.5 Å². The maximum atomic E-state index is 9.08. The van der Waals surface area contributed by atoms with Crippen LogP contribution in [-0.4, -0.2) is 6.61 Å². The van der Waals surface area contributed by atoms with Crippen LogP contribution in [-0.2, 0) is 0 Å². The molecule has 1 rings (SSSR count). The number of nitrogens with zero attached hydrogens (tertiary/aromatic N) is 1. The van der Waals surface area contributed by atoms with Gasteiger partial charge in [0, 0.05) is 6.04 Å². The summed E-state index contributed by atoms with van der Waals surface area (Å²) < 4.78 is 5.48. The Morgan fingerprint density at radius 1 is 1.47 bits per heavy atom. The molecule has 3 nitrogen and oxygen atoms in total. The highest BCUT2D eigenvalue weighted by Crippen LogP contribution is 2.32. The van der Waals surface area contributed by atoms with Gasteiger partial charge in [-0.15, -0.1) is 0 Å². The first kappa shape index (κ1) is 13.5. The fourth-order valence-corrected chi connectivity index (χ4v) is 1.67. The summed E-state index contributed by atoms with van der Waals surface area (Å²) in [6.45, 7) is 8.29. The standard InChI is InChI=1S/C14H20N2O/c1-5-17-12-7-6-11(8-10(12)2)13(16)14(3,4)9-15/h6-8,13H,5,16H2,1-4H3. The summed E-state index contributed by atoms with van der Waals surface area (Å²) in [5.74, 6) is 0.873. The molecule has 0 bridgehead atoms. The van der Waals surface area contributed by atoms with E-state index in [2.05, 4.69) is 6.07 Å². The monoisotopic (exact) mass is 232 g/mol. The first-order valence-electron chi connectivity index (χ1n) is 5.82. The molecule has 0 aromatic heterocycles. The summed E-state index contributed by atoms with van der Waals surface area (Å²) in [6, 6.07) is 7.80. The molecule has 17 heavy (non-hydrogen) atoms. The van der Waals surface area contributed by atoms with Gasteiger partial charge in [0.15, 0.2) is 0 Å². The minimum Gasteiger partial charge on any atom is -0.494 e. The Balaban J connectivity index is 3.02. The van der Waals surface area contributed by atoms with Gasteiger partial charge in [0.1, 0.15) is 5.75 Å². The maximum absolute atomic E-state index is 9.08. The molecular weight excluding hydrogens is 212 g/mol. The van der Waals surface area contributed by atoms with E-state index in [0.29, 0.717) is 6.61 Å². The number of hydrogen-bond acceptors (Lipinski definition) is 3. The average molecular weight is 232 g/mol. The molecule has 0 aliphatic carbocycles. The lowest BCUT2D eigenvalue weighted by molar-refractivity contribution is 0.337. The predicted octanol–water partition coefficient (Wildman–Crippen LogP) is 2.94. The highest BCUT2D eigenvalue weighted by atomic mass is 16.5. The average Bonchev–Trinajstić information content (AvgIpc) is 2.31. The summed E-state index contributed by atoms with van der Waals surface area (Å²) in [7, 11) is 0. The van der Waals surface area contributed by atoms with E-state index in [0.717, 1.165) is 16.9 Å². The molecular formula is C14H20N2O. The van der Waals surface area contributed by atoms with Crippen molar-refractivity contribution in [2.24, 2.45) is 11.1 Å². The van der Waals surface area contributed by atoms with Crippen LogP contribution in [0.25, 0.3) is 0 Å². The fourth-order valence-electron chi connectivity index (χ4n) is 1.67. The lowest BCUT2D eigenvalue weighted by atomic mass is 9.82. The van der Waals surface area contributed by atoms with E-state index in [-0.39, 0.29) is 6.04 Å². The van der Waals surface area contributed by atoms with Gasteiger partial charge < -0.3 is 10.5 Å². The van der Waals surface area contributed by atoms with Gasteiger partial charge in [0.25, 0.3) is 0 Å². The molecule has 0 fully saturated rings. The molecule has 0 amide bonds. The van der Waals surface area contributed by atoms with Gasteiger partial charge in [-0.1, -0.05) is 12.1 Å². The minimum absolute atomic E-state index is 0.290. The topological polar surface area (TPSA) is 59.0 Å². The third-order valence-electron chi connectivity index (χ3n) is 2.92. The molecule has 1 unspecified atom stereocenters. The van der Waals surface area contributed by atoms with Crippen LogP contribution in [0.2, 0.25) is 0 Å². The van der Waals surface area contributed by atoms with Crippen LogP contribution >= 0.6 is 0 Å². The van der Waals surface area contributed by atoms with Gasteiger partial charge >= 0.3 is 0 Å². The van der Waals surface area contributed by atoms with Crippen molar-refractivity contribution < 1.29 is 4.74 Å². The summed E-state index contributed by atoms with van der Waals surface area (Å²) in [5.41, 5.74) is 7.56. The van der Waals surface area contributed by atoms with E-state index in [9.17, 15) is 0 Å². The van der Waals surface area contributed by atoms with Crippen molar-refractivity contribution in [3.05, 3.63) is 29.3 Å². The molecule has 0 spiro atoms. The van der Waals surface area contributed by atoms with Crippen molar-refractivity contribution in [3.8, 4) is 11.8 Å². The third kappa shape index (κ3) is 2.98. The first-order chi connectivity index (χ1) is 7.92. The highest BCUT2D eigenvalue weighted by Gasteiger charge is 2.27. The SMILES string of the molecule is CCOc1ccc(C(N)C(C)(C)C#N)cc1C. The van der Waals surface area contributed by atoms with Crippen molar-refractivity contribution >= 4 is 0 Å². The second-order valence-electron chi connectivity index (χ2n) is 4.77. The van der Waals surface area contributed by atoms with Gasteiger partial charge in [0.05, 0.1) is 18.1 Å². The Bertz CT molecular complexity index is 432. The molecule has 1 aromatic rings. The summed E-state index contributed by atoms with van der Waals surface area (Å²) in [5, 5.41) is 9.08. The summed E-state index contributed by atoms with van der Waals surface area (Å²) in [4.78, 5) is 0. The Morgan fingerprint density at radius 2 is 2.12 bits per heavy atom. The Labute approximate surface area is 103 Å². The minimum atomic E-state index is -0.570. The van der Waals surface area contributed by atoms with Crippen LogP contribution in [0.5, 0.6) is 5.75 Å². The second kappa shape index (κ2) is 5.20. The lowest BCUT2D eigenvalue weighted by Gasteiger charge is -2.25. The number of aryl methyl sites for hydroxylation is 1. The van der Waals surface area contributed by atoms with Crippen molar-refractivity contribution in [2.45, 2.75) is 33.7 Å². The zero-order valence-electron chi connectivity index (χ0n) is 10.9. The van der Waals surface area contributed by atoms with Crippen LogP contribution in [0, 0.1) is 23.7 Å². The Hall–Kier alpha value is -1.53. The van der Waals surface area contributed by atoms with E-state index >= 15 is 0 Å². The van der Waals surface area contributed by atoms with Crippen molar-refractivity contribution in [1.29, 1.82) is 5.26 Å². The molecule has 0 saturated heterocycles. The lowest BCUT2D eigenvalue weighted by Crippen LogP contribution is -2.27. The van der Waals surface area contributed by atoms with Crippen molar-refractivity contribution in [1.82, 2.24) is 0 Å². The Kier molecular flexibility index (Phi) is 4.14. The molecule has 0 aliphatic rings. The van der Waals surface area contributed by atoms with Crippen molar-refractivity contribution in [3.63, 3.8) is 0 Å². The van der Waals surface area contributed by atoms with Gasteiger partial charge in [-0.05, 0) is 44.9 Å². The highest BCUT2D eigenvalue weighted by molar-refractivity contribution is 5.38. The quantitative estimate of drug-likeness (QED) is 0.868. The molecule has 92 valence electrons. The Morgan fingerprint density at radius 3 is 2.59 bits per heavy atom. The van der Waals surface area contributed by atoms with E-state index < -0.39 is 5.41 Å². The normalized spacial score (nSPS) is 12.9. The molecule has 0 heterocycles. The van der Waals surface area contributed by atoms with Crippen LogP contribution in [0.15, 0.2) is 18.2 Å². The molecule has 2 N–H and O–H groups in total. The smallest absolute Gasteiger partial charge is 0.122 e. The largest absolute Gasteiger partial charge is 0.494 e. The van der Waals surface area contributed by atoms with E-state index in [1.165, 1.54) is 0 Å². The molecule has 0 aliphatic heterocycles. The molecule has 0 radical (unpaired) electrons. The fraction of sp³-hybridized carbons (Fsp3) is 0.500. The van der Waals surface area contributed by atoms with Gasteiger partial charge in [-0.2, -0.15) is 5.26 Å². The number of benzene rings is 1.